The third-order valence-corrected chi connectivity index (χ3v) is 5.20. The highest BCUT2D eigenvalue weighted by atomic mass is 32.2. The number of sulfone groups is 1. The van der Waals surface area contributed by atoms with Gasteiger partial charge in [0.05, 0.1) is 12.0 Å². The van der Waals surface area contributed by atoms with Crippen molar-refractivity contribution in [3.05, 3.63) is 59.2 Å². The molecule has 0 heterocycles. The van der Waals surface area contributed by atoms with Gasteiger partial charge in [-0.25, -0.2) is 8.42 Å². The van der Waals surface area contributed by atoms with E-state index in [4.69, 9.17) is 4.74 Å². The zero-order valence-electron chi connectivity index (χ0n) is 14.7. The van der Waals surface area contributed by atoms with Crippen LogP contribution in [0.4, 0.5) is 0 Å². The van der Waals surface area contributed by atoms with Gasteiger partial charge in [-0.1, -0.05) is 29.8 Å². The molecule has 0 aromatic heterocycles. The summed E-state index contributed by atoms with van der Waals surface area (Å²) >= 11 is 0. The van der Waals surface area contributed by atoms with Crippen molar-refractivity contribution < 1.29 is 13.2 Å². The Morgan fingerprint density at radius 2 is 1.79 bits per heavy atom. The van der Waals surface area contributed by atoms with E-state index in [1.807, 2.05) is 24.3 Å². The van der Waals surface area contributed by atoms with E-state index in [9.17, 15) is 8.42 Å². The van der Waals surface area contributed by atoms with Crippen molar-refractivity contribution in [2.75, 3.05) is 19.9 Å². The van der Waals surface area contributed by atoms with Crippen molar-refractivity contribution in [3.8, 4) is 5.75 Å². The number of ether oxygens (including phenoxy) is 1. The number of methoxy groups -OCH3 is 1. The normalized spacial score (nSPS) is 12.8. The second-order valence-corrected chi connectivity index (χ2v) is 8.10. The Morgan fingerprint density at radius 3 is 2.38 bits per heavy atom. The summed E-state index contributed by atoms with van der Waals surface area (Å²) < 4.78 is 28.4. The first kappa shape index (κ1) is 18.5. The predicted molar refractivity (Wildman–Crippen MR) is 97.4 cm³/mol. The Morgan fingerprint density at radius 1 is 1.12 bits per heavy atom. The van der Waals surface area contributed by atoms with Gasteiger partial charge in [0.1, 0.15) is 5.75 Å². The molecule has 2 aromatic rings. The van der Waals surface area contributed by atoms with Crippen LogP contribution < -0.4 is 10.1 Å². The third-order valence-electron chi connectivity index (χ3n) is 4.07. The molecular formula is C19H25NO3S. The average molecular weight is 347 g/mol. The minimum Gasteiger partial charge on any atom is -0.496 e. The molecule has 0 saturated heterocycles. The van der Waals surface area contributed by atoms with Gasteiger partial charge in [0.2, 0.25) is 0 Å². The summed E-state index contributed by atoms with van der Waals surface area (Å²) in [6.07, 6.45) is 2.06. The standard InChI is InChI=1S/C19H25NO3S/c1-14-5-10-19(23-3)18(13-14)15(2)20-12-11-16-6-8-17(9-7-16)24(4,21)22/h5-10,13,15,20H,11-12H2,1-4H3/t15-/m1/s1. The number of aryl methyl sites for hydroxylation is 1. The molecule has 0 aliphatic rings. The summed E-state index contributed by atoms with van der Waals surface area (Å²) in [4.78, 5) is 0.358. The van der Waals surface area contributed by atoms with Gasteiger partial charge in [-0.2, -0.15) is 0 Å². The maximum Gasteiger partial charge on any atom is 0.175 e. The molecule has 1 N–H and O–H groups in total. The Hall–Kier alpha value is -1.85. The fraction of sp³-hybridized carbons (Fsp3) is 0.368. The molecule has 5 heteroatoms. The molecule has 0 radical (unpaired) electrons. The molecular weight excluding hydrogens is 322 g/mol. The van der Waals surface area contributed by atoms with Crippen molar-refractivity contribution in [2.24, 2.45) is 0 Å². The molecule has 130 valence electrons. The molecule has 2 rings (SSSR count). The van der Waals surface area contributed by atoms with E-state index >= 15 is 0 Å². The lowest BCUT2D eigenvalue weighted by molar-refractivity contribution is 0.401. The number of benzene rings is 2. The quantitative estimate of drug-likeness (QED) is 0.835. The second-order valence-electron chi connectivity index (χ2n) is 6.09. The maximum atomic E-state index is 11.5. The van der Waals surface area contributed by atoms with Crippen LogP contribution in [0.2, 0.25) is 0 Å². The first-order chi connectivity index (χ1) is 11.3. The number of rotatable bonds is 7. The minimum absolute atomic E-state index is 0.176. The lowest BCUT2D eigenvalue weighted by Crippen LogP contribution is -2.22. The summed E-state index contributed by atoms with van der Waals surface area (Å²) in [5, 5.41) is 3.50. The van der Waals surface area contributed by atoms with E-state index in [0.29, 0.717) is 4.90 Å². The minimum atomic E-state index is -3.13. The van der Waals surface area contributed by atoms with Crippen LogP contribution in [0.25, 0.3) is 0 Å². The highest BCUT2D eigenvalue weighted by Gasteiger charge is 2.11. The van der Waals surface area contributed by atoms with Gasteiger partial charge in [-0.05, 0) is 50.6 Å². The van der Waals surface area contributed by atoms with E-state index in [-0.39, 0.29) is 6.04 Å². The van der Waals surface area contributed by atoms with Crippen molar-refractivity contribution in [2.45, 2.75) is 31.2 Å². The molecule has 0 aliphatic heterocycles. The monoisotopic (exact) mass is 347 g/mol. The molecule has 0 saturated carbocycles. The van der Waals surface area contributed by atoms with Gasteiger partial charge in [0.15, 0.2) is 9.84 Å². The lowest BCUT2D eigenvalue weighted by atomic mass is 10.0. The zero-order chi connectivity index (χ0) is 17.7. The molecule has 0 amide bonds. The molecule has 0 aliphatic carbocycles. The SMILES string of the molecule is COc1ccc(C)cc1[C@@H](C)NCCc1ccc(S(C)(=O)=O)cc1. The van der Waals surface area contributed by atoms with E-state index < -0.39 is 9.84 Å². The van der Waals surface area contributed by atoms with E-state index in [2.05, 4.69) is 25.2 Å². The molecule has 4 nitrogen and oxygen atoms in total. The van der Waals surface area contributed by atoms with Crippen LogP contribution in [0.1, 0.15) is 29.7 Å². The first-order valence-electron chi connectivity index (χ1n) is 7.98. The Labute approximate surface area is 144 Å². The molecule has 1 atom stereocenters. The van der Waals surface area contributed by atoms with Crippen LogP contribution in [0.3, 0.4) is 0 Å². The molecule has 0 unspecified atom stereocenters. The van der Waals surface area contributed by atoms with Gasteiger partial charge in [0.25, 0.3) is 0 Å². The summed E-state index contributed by atoms with van der Waals surface area (Å²) in [7, 11) is -1.45. The molecule has 0 spiro atoms. The van der Waals surface area contributed by atoms with Crippen LogP contribution in [-0.2, 0) is 16.3 Å². The van der Waals surface area contributed by atoms with Gasteiger partial charge in [-0.3, -0.25) is 0 Å². The fourth-order valence-corrected chi connectivity index (χ4v) is 3.27. The molecule has 0 bridgehead atoms. The highest BCUT2D eigenvalue weighted by Crippen LogP contribution is 2.26. The topological polar surface area (TPSA) is 55.4 Å². The number of hydrogen-bond acceptors (Lipinski definition) is 4. The predicted octanol–water partition coefficient (Wildman–Crippen LogP) is 3.30. The summed E-state index contributed by atoms with van der Waals surface area (Å²) in [5.41, 5.74) is 3.46. The zero-order valence-corrected chi connectivity index (χ0v) is 15.5. The van der Waals surface area contributed by atoms with Crippen LogP contribution in [-0.4, -0.2) is 28.3 Å². The Kier molecular flexibility index (Phi) is 6.02. The van der Waals surface area contributed by atoms with E-state index in [0.717, 1.165) is 29.8 Å². The van der Waals surface area contributed by atoms with Crippen molar-refractivity contribution >= 4 is 9.84 Å². The van der Waals surface area contributed by atoms with Crippen LogP contribution >= 0.6 is 0 Å². The third kappa shape index (κ3) is 4.82. The summed E-state index contributed by atoms with van der Waals surface area (Å²) in [6, 6.07) is 13.4. The Balaban J connectivity index is 1.95. The largest absolute Gasteiger partial charge is 0.496 e. The van der Waals surface area contributed by atoms with Gasteiger partial charge >= 0.3 is 0 Å². The van der Waals surface area contributed by atoms with Crippen molar-refractivity contribution in [3.63, 3.8) is 0 Å². The number of hydrogen-bond donors (Lipinski definition) is 1. The first-order valence-corrected chi connectivity index (χ1v) is 9.87. The maximum absolute atomic E-state index is 11.5. The highest BCUT2D eigenvalue weighted by molar-refractivity contribution is 7.90. The lowest BCUT2D eigenvalue weighted by Gasteiger charge is -2.18. The van der Waals surface area contributed by atoms with Crippen molar-refractivity contribution in [1.82, 2.24) is 5.32 Å². The van der Waals surface area contributed by atoms with Gasteiger partial charge < -0.3 is 10.1 Å². The summed E-state index contributed by atoms with van der Waals surface area (Å²) in [6.45, 7) is 4.99. The van der Waals surface area contributed by atoms with E-state index in [1.54, 1.807) is 19.2 Å². The molecule has 0 fully saturated rings. The van der Waals surface area contributed by atoms with E-state index in [1.165, 1.54) is 11.8 Å². The van der Waals surface area contributed by atoms with Gasteiger partial charge in [-0.15, -0.1) is 0 Å². The molecule has 2 aromatic carbocycles. The van der Waals surface area contributed by atoms with Crippen LogP contribution in [0.15, 0.2) is 47.4 Å². The molecule has 24 heavy (non-hydrogen) atoms. The fourth-order valence-electron chi connectivity index (χ4n) is 2.64. The second kappa shape index (κ2) is 7.81. The smallest absolute Gasteiger partial charge is 0.175 e. The Bertz CT molecular complexity index is 783. The van der Waals surface area contributed by atoms with Crippen LogP contribution in [0, 0.1) is 6.92 Å². The number of nitrogens with one attached hydrogen (secondary N) is 1. The van der Waals surface area contributed by atoms with Crippen LogP contribution in [0.5, 0.6) is 5.75 Å². The average Bonchev–Trinajstić information content (AvgIpc) is 2.54. The van der Waals surface area contributed by atoms with Gasteiger partial charge in [0, 0.05) is 17.9 Å². The summed E-state index contributed by atoms with van der Waals surface area (Å²) in [5.74, 6) is 0.887. The van der Waals surface area contributed by atoms with Crippen molar-refractivity contribution in [1.29, 1.82) is 0 Å².